The molecule has 0 unspecified atom stereocenters. The molecule has 0 saturated heterocycles. The van der Waals surface area contributed by atoms with Crippen LogP contribution in [0, 0.1) is 30.3 Å². The standard InChI is InChI=1S/C31H33F3O/c1-3-4-19-35-29-18-11-23(20-28(29)32)8-7-22-9-14-25(15-10-22)27-17-16-26(30(33)31(27)34)24-12-5-21(2)6-13-24/h3,5-6,11-13,16-18,20,22,25H,1,4,7-10,14-15,19H2,2H3. The van der Waals surface area contributed by atoms with E-state index in [2.05, 4.69) is 6.58 Å². The fraction of sp³-hybridized carbons (Fsp3) is 0.355. The number of rotatable bonds is 9. The van der Waals surface area contributed by atoms with Crippen molar-refractivity contribution in [2.24, 2.45) is 5.92 Å². The van der Waals surface area contributed by atoms with Crippen molar-refractivity contribution in [1.29, 1.82) is 0 Å². The Kier molecular flexibility index (Phi) is 8.33. The average molecular weight is 479 g/mol. The first-order valence-corrected chi connectivity index (χ1v) is 12.5. The molecule has 0 radical (unpaired) electrons. The van der Waals surface area contributed by atoms with Crippen LogP contribution >= 0.6 is 0 Å². The lowest BCUT2D eigenvalue weighted by atomic mass is 9.76. The molecule has 0 atom stereocenters. The summed E-state index contributed by atoms with van der Waals surface area (Å²) in [5.41, 5.74) is 3.53. The van der Waals surface area contributed by atoms with E-state index in [1.54, 1.807) is 30.3 Å². The van der Waals surface area contributed by atoms with Gasteiger partial charge < -0.3 is 4.74 Å². The summed E-state index contributed by atoms with van der Waals surface area (Å²) < 4.78 is 49.7. The topological polar surface area (TPSA) is 9.23 Å². The summed E-state index contributed by atoms with van der Waals surface area (Å²) in [5, 5.41) is 0. The van der Waals surface area contributed by atoms with Gasteiger partial charge in [0.15, 0.2) is 23.2 Å². The highest BCUT2D eigenvalue weighted by molar-refractivity contribution is 5.65. The Morgan fingerprint density at radius 1 is 0.914 bits per heavy atom. The molecule has 1 aliphatic carbocycles. The van der Waals surface area contributed by atoms with Crippen LogP contribution < -0.4 is 4.74 Å². The van der Waals surface area contributed by atoms with Crippen molar-refractivity contribution in [2.45, 2.75) is 57.8 Å². The van der Waals surface area contributed by atoms with Gasteiger partial charge in [0.1, 0.15) is 0 Å². The van der Waals surface area contributed by atoms with Crippen molar-refractivity contribution in [3.05, 3.63) is 101 Å². The van der Waals surface area contributed by atoms with E-state index >= 15 is 4.39 Å². The molecule has 184 valence electrons. The molecule has 0 aromatic heterocycles. The predicted molar refractivity (Wildman–Crippen MR) is 136 cm³/mol. The molecule has 0 N–H and O–H groups in total. The van der Waals surface area contributed by atoms with Crippen LogP contribution in [0.3, 0.4) is 0 Å². The third-order valence-electron chi connectivity index (χ3n) is 7.18. The highest BCUT2D eigenvalue weighted by Crippen LogP contribution is 2.40. The van der Waals surface area contributed by atoms with Crippen molar-refractivity contribution in [1.82, 2.24) is 0 Å². The second kappa shape index (κ2) is 11.6. The third-order valence-corrected chi connectivity index (χ3v) is 7.18. The van der Waals surface area contributed by atoms with Gasteiger partial charge in [-0.3, -0.25) is 0 Å². The first-order chi connectivity index (χ1) is 17.0. The van der Waals surface area contributed by atoms with Gasteiger partial charge in [-0.15, -0.1) is 6.58 Å². The van der Waals surface area contributed by atoms with E-state index in [9.17, 15) is 8.78 Å². The highest BCUT2D eigenvalue weighted by atomic mass is 19.2. The lowest BCUT2D eigenvalue weighted by Crippen LogP contribution is -2.15. The fourth-order valence-electron chi connectivity index (χ4n) is 5.04. The number of ether oxygens (including phenoxy) is 1. The largest absolute Gasteiger partial charge is 0.490 e. The Bertz CT molecular complexity index is 1140. The summed E-state index contributed by atoms with van der Waals surface area (Å²) in [6.45, 7) is 6.02. The second-order valence-electron chi connectivity index (χ2n) is 9.64. The number of hydrogen-bond acceptors (Lipinski definition) is 1. The molecule has 3 aromatic carbocycles. The summed E-state index contributed by atoms with van der Waals surface area (Å²) >= 11 is 0. The van der Waals surface area contributed by atoms with E-state index in [1.807, 2.05) is 37.3 Å². The number of benzene rings is 3. The van der Waals surface area contributed by atoms with Crippen LogP contribution in [0.4, 0.5) is 13.2 Å². The number of halogens is 3. The first-order valence-electron chi connectivity index (χ1n) is 12.5. The zero-order chi connectivity index (χ0) is 24.8. The molecule has 0 bridgehead atoms. The lowest BCUT2D eigenvalue weighted by Gasteiger charge is -2.29. The van der Waals surface area contributed by atoms with Gasteiger partial charge in [0.05, 0.1) is 6.61 Å². The number of hydrogen-bond donors (Lipinski definition) is 0. The maximum Gasteiger partial charge on any atom is 0.166 e. The fourth-order valence-corrected chi connectivity index (χ4v) is 5.04. The third kappa shape index (κ3) is 6.17. The monoisotopic (exact) mass is 478 g/mol. The summed E-state index contributed by atoms with van der Waals surface area (Å²) in [5.74, 6) is -0.972. The van der Waals surface area contributed by atoms with Crippen LogP contribution in [-0.2, 0) is 6.42 Å². The van der Waals surface area contributed by atoms with E-state index in [0.29, 0.717) is 35.6 Å². The van der Waals surface area contributed by atoms with Crippen molar-refractivity contribution in [3.8, 4) is 16.9 Å². The average Bonchev–Trinajstić information content (AvgIpc) is 2.87. The van der Waals surface area contributed by atoms with Gasteiger partial charge in [0.25, 0.3) is 0 Å². The molecule has 3 aromatic rings. The zero-order valence-corrected chi connectivity index (χ0v) is 20.3. The normalized spacial score (nSPS) is 17.8. The smallest absolute Gasteiger partial charge is 0.166 e. The number of aryl methyl sites for hydroxylation is 2. The molecule has 0 heterocycles. The van der Waals surface area contributed by atoms with Crippen molar-refractivity contribution in [3.63, 3.8) is 0 Å². The Morgan fingerprint density at radius 3 is 2.34 bits per heavy atom. The molecular formula is C31H33F3O. The van der Waals surface area contributed by atoms with E-state index in [1.165, 1.54) is 0 Å². The van der Waals surface area contributed by atoms with Gasteiger partial charge in [-0.2, -0.15) is 0 Å². The van der Waals surface area contributed by atoms with Crippen molar-refractivity contribution in [2.75, 3.05) is 6.61 Å². The highest BCUT2D eigenvalue weighted by Gasteiger charge is 2.26. The van der Waals surface area contributed by atoms with Crippen LogP contribution in [0.1, 0.15) is 61.1 Å². The molecule has 1 fully saturated rings. The molecule has 35 heavy (non-hydrogen) atoms. The van der Waals surface area contributed by atoms with Crippen molar-refractivity contribution < 1.29 is 17.9 Å². The molecule has 1 aliphatic rings. The Morgan fingerprint density at radius 2 is 1.66 bits per heavy atom. The van der Waals surface area contributed by atoms with Crippen LogP contribution in [0.25, 0.3) is 11.1 Å². The van der Waals surface area contributed by atoms with Gasteiger partial charge >= 0.3 is 0 Å². The summed E-state index contributed by atoms with van der Waals surface area (Å²) in [7, 11) is 0. The molecular weight excluding hydrogens is 445 g/mol. The first kappa shape index (κ1) is 25.1. The van der Waals surface area contributed by atoms with Gasteiger partial charge in [-0.1, -0.05) is 54.1 Å². The Hall–Kier alpha value is -3.01. The van der Waals surface area contributed by atoms with E-state index in [-0.39, 0.29) is 17.5 Å². The summed E-state index contributed by atoms with van der Waals surface area (Å²) in [4.78, 5) is 0. The molecule has 1 saturated carbocycles. The minimum atomic E-state index is -0.757. The van der Waals surface area contributed by atoms with Gasteiger partial charge in [0.2, 0.25) is 0 Å². The quantitative estimate of drug-likeness (QED) is 0.220. The zero-order valence-electron chi connectivity index (χ0n) is 20.3. The molecule has 0 spiro atoms. The molecule has 0 amide bonds. The molecule has 1 nitrogen and oxygen atoms in total. The lowest BCUT2D eigenvalue weighted by molar-refractivity contribution is 0.303. The Labute approximate surface area is 206 Å². The van der Waals surface area contributed by atoms with Crippen LogP contribution in [0.5, 0.6) is 5.75 Å². The van der Waals surface area contributed by atoms with E-state index < -0.39 is 11.6 Å². The maximum absolute atomic E-state index is 15.0. The SMILES string of the molecule is C=CCCOc1ccc(CCC2CCC(c3ccc(-c4ccc(C)cc4)c(F)c3F)CC2)cc1F. The van der Waals surface area contributed by atoms with Gasteiger partial charge in [-0.25, -0.2) is 13.2 Å². The van der Waals surface area contributed by atoms with Crippen LogP contribution in [0.2, 0.25) is 0 Å². The molecule has 4 rings (SSSR count). The summed E-state index contributed by atoms with van der Waals surface area (Å²) in [6.07, 6.45) is 7.81. The van der Waals surface area contributed by atoms with Crippen LogP contribution in [0.15, 0.2) is 67.3 Å². The summed E-state index contributed by atoms with van der Waals surface area (Å²) in [6, 6.07) is 16.1. The molecule has 4 heteroatoms. The van der Waals surface area contributed by atoms with Crippen LogP contribution in [-0.4, -0.2) is 6.61 Å². The minimum Gasteiger partial charge on any atom is -0.490 e. The van der Waals surface area contributed by atoms with E-state index in [4.69, 9.17) is 4.74 Å². The van der Waals surface area contributed by atoms with E-state index in [0.717, 1.165) is 49.7 Å². The van der Waals surface area contributed by atoms with Gasteiger partial charge in [0, 0.05) is 5.56 Å². The maximum atomic E-state index is 15.0. The second-order valence-corrected chi connectivity index (χ2v) is 9.64. The Balaban J connectivity index is 1.32. The van der Waals surface area contributed by atoms with Crippen molar-refractivity contribution >= 4 is 0 Å². The minimum absolute atomic E-state index is 0.0391. The predicted octanol–water partition coefficient (Wildman–Crippen LogP) is 8.94. The molecule has 0 aliphatic heterocycles. The van der Waals surface area contributed by atoms with Gasteiger partial charge in [-0.05, 0) is 92.5 Å².